The minimum absolute atomic E-state index is 0.580. The SMILES string of the molecule is CC(C)Cc1nc2ccc(I)cn2c1N. The predicted octanol–water partition coefficient (Wildman–Crippen LogP) is 2.72. The van der Waals surface area contributed by atoms with Crippen molar-refractivity contribution in [2.24, 2.45) is 5.92 Å². The zero-order chi connectivity index (χ0) is 11.0. The van der Waals surface area contributed by atoms with E-state index in [4.69, 9.17) is 5.73 Å². The highest BCUT2D eigenvalue weighted by Crippen LogP contribution is 2.19. The summed E-state index contributed by atoms with van der Waals surface area (Å²) in [5.41, 5.74) is 7.99. The van der Waals surface area contributed by atoms with Crippen LogP contribution in [0.4, 0.5) is 5.82 Å². The fourth-order valence-electron chi connectivity index (χ4n) is 1.62. The number of nitrogen functional groups attached to an aromatic ring is 1. The van der Waals surface area contributed by atoms with E-state index in [2.05, 4.69) is 41.4 Å². The fraction of sp³-hybridized carbons (Fsp3) is 0.364. The first-order chi connectivity index (χ1) is 7.08. The molecular weight excluding hydrogens is 301 g/mol. The summed E-state index contributed by atoms with van der Waals surface area (Å²) in [6, 6.07) is 4.05. The second-order valence-electron chi connectivity index (χ2n) is 4.12. The summed E-state index contributed by atoms with van der Waals surface area (Å²) < 4.78 is 3.12. The van der Waals surface area contributed by atoms with E-state index in [-0.39, 0.29) is 0 Å². The number of fused-ring (bicyclic) bond motifs is 1. The Morgan fingerprint density at radius 1 is 1.47 bits per heavy atom. The van der Waals surface area contributed by atoms with E-state index in [0.29, 0.717) is 5.92 Å². The molecule has 80 valence electrons. The molecule has 0 saturated carbocycles. The molecule has 3 nitrogen and oxygen atoms in total. The third kappa shape index (κ3) is 2.09. The van der Waals surface area contributed by atoms with Crippen molar-refractivity contribution in [3.05, 3.63) is 27.6 Å². The van der Waals surface area contributed by atoms with E-state index >= 15 is 0 Å². The number of rotatable bonds is 2. The lowest BCUT2D eigenvalue weighted by Gasteiger charge is -2.01. The molecule has 2 aromatic heterocycles. The topological polar surface area (TPSA) is 43.3 Å². The van der Waals surface area contributed by atoms with Gasteiger partial charge in [-0.25, -0.2) is 4.98 Å². The molecule has 0 aliphatic carbocycles. The molecule has 0 bridgehead atoms. The molecule has 0 unspecified atom stereocenters. The molecule has 0 aliphatic heterocycles. The lowest BCUT2D eigenvalue weighted by molar-refractivity contribution is 0.639. The molecule has 2 aromatic rings. The molecule has 0 amide bonds. The zero-order valence-corrected chi connectivity index (χ0v) is 11.0. The minimum Gasteiger partial charge on any atom is -0.383 e. The maximum absolute atomic E-state index is 6.05. The van der Waals surface area contributed by atoms with Gasteiger partial charge in [-0.3, -0.25) is 4.40 Å². The summed E-state index contributed by atoms with van der Waals surface area (Å²) in [6.45, 7) is 4.35. The maximum Gasteiger partial charge on any atom is 0.138 e. The third-order valence-electron chi connectivity index (χ3n) is 2.30. The van der Waals surface area contributed by atoms with Gasteiger partial charge >= 0.3 is 0 Å². The lowest BCUT2D eigenvalue weighted by atomic mass is 10.1. The molecule has 2 rings (SSSR count). The van der Waals surface area contributed by atoms with Crippen molar-refractivity contribution in [2.45, 2.75) is 20.3 Å². The van der Waals surface area contributed by atoms with Crippen molar-refractivity contribution in [3.8, 4) is 0 Å². The smallest absolute Gasteiger partial charge is 0.138 e. The second kappa shape index (κ2) is 4.00. The maximum atomic E-state index is 6.05. The Morgan fingerprint density at radius 2 is 2.20 bits per heavy atom. The molecule has 0 aromatic carbocycles. The Labute approximate surface area is 103 Å². The minimum atomic E-state index is 0.580. The van der Waals surface area contributed by atoms with E-state index in [1.54, 1.807) is 0 Å². The number of hydrogen-bond donors (Lipinski definition) is 1. The first kappa shape index (κ1) is 10.7. The van der Waals surface area contributed by atoms with Gasteiger partial charge in [0.05, 0.1) is 5.69 Å². The van der Waals surface area contributed by atoms with Gasteiger partial charge in [0.25, 0.3) is 0 Å². The Bertz CT molecular complexity index is 488. The standard InChI is InChI=1S/C11H14IN3/c1-7(2)5-9-11(13)15-6-8(12)3-4-10(15)14-9/h3-4,6-7H,5,13H2,1-2H3. The van der Waals surface area contributed by atoms with E-state index < -0.39 is 0 Å². The first-order valence-corrected chi connectivity index (χ1v) is 6.07. The summed E-state index contributed by atoms with van der Waals surface area (Å²) in [6.07, 6.45) is 2.95. The van der Waals surface area contributed by atoms with Crippen LogP contribution in [0.3, 0.4) is 0 Å². The van der Waals surface area contributed by atoms with Gasteiger partial charge in [-0.1, -0.05) is 13.8 Å². The Morgan fingerprint density at radius 3 is 2.87 bits per heavy atom. The van der Waals surface area contributed by atoms with Crippen LogP contribution in [0.25, 0.3) is 5.65 Å². The Kier molecular flexibility index (Phi) is 2.86. The van der Waals surface area contributed by atoms with Crippen LogP contribution in [0.5, 0.6) is 0 Å². The monoisotopic (exact) mass is 315 g/mol. The highest BCUT2D eigenvalue weighted by atomic mass is 127. The summed E-state index contributed by atoms with van der Waals surface area (Å²) >= 11 is 2.28. The van der Waals surface area contributed by atoms with Crippen LogP contribution in [-0.4, -0.2) is 9.38 Å². The fourth-order valence-corrected chi connectivity index (χ4v) is 2.08. The average Bonchev–Trinajstić information content (AvgIpc) is 2.44. The molecule has 0 fully saturated rings. The van der Waals surface area contributed by atoms with Crippen LogP contribution in [0.1, 0.15) is 19.5 Å². The number of anilines is 1. The highest BCUT2D eigenvalue weighted by molar-refractivity contribution is 14.1. The van der Waals surface area contributed by atoms with Crippen LogP contribution in [-0.2, 0) is 6.42 Å². The van der Waals surface area contributed by atoms with Crippen molar-refractivity contribution in [1.82, 2.24) is 9.38 Å². The summed E-state index contributed by atoms with van der Waals surface area (Å²) in [5, 5.41) is 0. The van der Waals surface area contributed by atoms with Crippen molar-refractivity contribution >= 4 is 34.1 Å². The normalized spacial score (nSPS) is 11.5. The highest BCUT2D eigenvalue weighted by Gasteiger charge is 2.10. The molecule has 0 saturated heterocycles. The number of nitrogens with two attached hydrogens (primary N) is 1. The largest absolute Gasteiger partial charge is 0.383 e. The van der Waals surface area contributed by atoms with E-state index in [9.17, 15) is 0 Å². The predicted molar refractivity (Wildman–Crippen MR) is 70.9 cm³/mol. The van der Waals surface area contributed by atoms with Crippen LogP contribution in [0.2, 0.25) is 0 Å². The van der Waals surface area contributed by atoms with E-state index in [1.165, 1.54) is 3.57 Å². The third-order valence-corrected chi connectivity index (χ3v) is 2.94. The molecule has 2 heterocycles. The van der Waals surface area contributed by atoms with Gasteiger partial charge in [-0.2, -0.15) is 0 Å². The molecule has 0 atom stereocenters. The van der Waals surface area contributed by atoms with Gasteiger partial charge in [-0.15, -0.1) is 0 Å². The molecule has 0 aliphatic rings. The van der Waals surface area contributed by atoms with Gasteiger partial charge in [0.1, 0.15) is 11.5 Å². The van der Waals surface area contributed by atoms with Gasteiger partial charge in [0, 0.05) is 9.77 Å². The van der Waals surface area contributed by atoms with Gasteiger partial charge in [0.15, 0.2) is 0 Å². The average molecular weight is 315 g/mol. The quantitative estimate of drug-likeness (QED) is 0.866. The molecule has 15 heavy (non-hydrogen) atoms. The lowest BCUT2D eigenvalue weighted by Crippen LogP contribution is -2.00. The number of hydrogen-bond acceptors (Lipinski definition) is 2. The van der Waals surface area contributed by atoms with Gasteiger partial charge in [-0.05, 0) is 47.1 Å². The number of nitrogens with zero attached hydrogens (tertiary/aromatic N) is 2. The van der Waals surface area contributed by atoms with Crippen molar-refractivity contribution in [2.75, 3.05) is 5.73 Å². The molecule has 0 spiro atoms. The van der Waals surface area contributed by atoms with Gasteiger partial charge < -0.3 is 5.73 Å². The van der Waals surface area contributed by atoms with Crippen LogP contribution in [0.15, 0.2) is 18.3 Å². The zero-order valence-electron chi connectivity index (χ0n) is 8.87. The first-order valence-electron chi connectivity index (χ1n) is 5.00. The molecule has 2 N–H and O–H groups in total. The molecule has 4 heteroatoms. The summed E-state index contributed by atoms with van der Waals surface area (Å²) in [5.74, 6) is 1.36. The van der Waals surface area contributed by atoms with Gasteiger partial charge in [0.2, 0.25) is 0 Å². The Balaban J connectivity index is 2.54. The Hall–Kier alpha value is -0.780. The van der Waals surface area contributed by atoms with Crippen LogP contribution < -0.4 is 5.73 Å². The van der Waals surface area contributed by atoms with Crippen molar-refractivity contribution < 1.29 is 0 Å². The number of imidazole rings is 1. The number of aromatic nitrogens is 2. The molecular formula is C11H14IN3. The van der Waals surface area contributed by atoms with E-state index in [1.807, 2.05) is 22.7 Å². The number of halogens is 1. The summed E-state index contributed by atoms with van der Waals surface area (Å²) in [4.78, 5) is 4.53. The van der Waals surface area contributed by atoms with Crippen LogP contribution >= 0.6 is 22.6 Å². The van der Waals surface area contributed by atoms with Crippen LogP contribution in [0, 0.1) is 9.49 Å². The second-order valence-corrected chi connectivity index (χ2v) is 5.36. The molecule has 0 radical (unpaired) electrons. The number of pyridine rings is 1. The van der Waals surface area contributed by atoms with Crippen molar-refractivity contribution in [1.29, 1.82) is 0 Å². The van der Waals surface area contributed by atoms with E-state index in [0.717, 1.165) is 23.6 Å². The van der Waals surface area contributed by atoms with Crippen molar-refractivity contribution in [3.63, 3.8) is 0 Å². The summed E-state index contributed by atoms with van der Waals surface area (Å²) in [7, 11) is 0.